The van der Waals surface area contributed by atoms with Crippen molar-refractivity contribution in [3.63, 3.8) is 0 Å². The fourth-order valence-electron chi connectivity index (χ4n) is 2.05. The molecule has 0 heterocycles. The molecule has 0 unspecified atom stereocenters. The number of rotatable bonds is 8. The smallest absolute Gasteiger partial charge is 0.223 e. The molecule has 116 valence electrons. The van der Waals surface area contributed by atoms with E-state index in [1.165, 1.54) is 0 Å². The molecule has 1 saturated carbocycles. The third-order valence-corrected chi connectivity index (χ3v) is 3.47. The number of benzene rings is 1. The molecular formula is C15H21ClN2O3. The standard InChI is InChI=1S/C15H21ClN2O3/c1-20-13-9-11(16)8-10(4-6-17)15(13)21-7-5-14(19)18-12-2-3-12/h8-9,12H,2-7,17H2,1H3,(H,18,19). The first-order valence-electron chi connectivity index (χ1n) is 7.12. The lowest BCUT2D eigenvalue weighted by Crippen LogP contribution is -2.26. The summed E-state index contributed by atoms with van der Waals surface area (Å²) in [7, 11) is 1.56. The molecule has 1 fully saturated rings. The molecule has 0 atom stereocenters. The minimum absolute atomic E-state index is 0.0193. The molecule has 2 rings (SSSR count). The summed E-state index contributed by atoms with van der Waals surface area (Å²) >= 11 is 6.04. The van der Waals surface area contributed by atoms with E-state index in [1.54, 1.807) is 13.2 Å². The lowest BCUT2D eigenvalue weighted by atomic mass is 10.1. The van der Waals surface area contributed by atoms with Crippen molar-refractivity contribution in [2.45, 2.75) is 31.7 Å². The fourth-order valence-corrected chi connectivity index (χ4v) is 2.28. The maximum atomic E-state index is 11.6. The second-order valence-corrected chi connectivity index (χ2v) is 5.51. The van der Waals surface area contributed by atoms with Gasteiger partial charge in [0, 0.05) is 22.7 Å². The molecule has 21 heavy (non-hydrogen) atoms. The number of amides is 1. The lowest BCUT2D eigenvalue weighted by molar-refractivity contribution is -0.121. The zero-order valence-electron chi connectivity index (χ0n) is 12.2. The van der Waals surface area contributed by atoms with E-state index in [0.717, 1.165) is 18.4 Å². The summed E-state index contributed by atoms with van der Waals surface area (Å²) < 4.78 is 11.0. The molecule has 5 nitrogen and oxygen atoms in total. The first kappa shape index (κ1) is 15.9. The second-order valence-electron chi connectivity index (χ2n) is 5.08. The third-order valence-electron chi connectivity index (χ3n) is 3.25. The van der Waals surface area contributed by atoms with Crippen molar-refractivity contribution >= 4 is 17.5 Å². The van der Waals surface area contributed by atoms with Gasteiger partial charge in [-0.3, -0.25) is 4.79 Å². The van der Waals surface area contributed by atoms with Crippen molar-refractivity contribution < 1.29 is 14.3 Å². The Kier molecular flexibility index (Phi) is 5.70. The molecule has 6 heteroatoms. The van der Waals surface area contributed by atoms with Gasteiger partial charge in [0.15, 0.2) is 11.5 Å². The quantitative estimate of drug-likeness (QED) is 0.769. The van der Waals surface area contributed by atoms with E-state index in [9.17, 15) is 4.79 Å². The highest BCUT2D eigenvalue weighted by molar-refractivity contribution is 6.30. The van der Waals surface area contributed by atoms with Gasteiger partial charge in [-0.1, -0.05) is 11.6 Å². The van der Waals surface area contributed by atoms with E-state index in [1.807, 2.05) is 6.07 Å². The highest BCUT2D eigenvalue weighted by Crippen LogP contribution is 2.35. The normalized spacial score (nSPS) is 13.9. The monoisotopic (exact) mass is 312 g/mol. The number of hydrogen-bond acceptors (Lipinski definition) is 4. The molecule has 0 aromatic heterocycles. The Labute approximate surface area is 129 Å². The highest BCUT2D eigenvalue weighted by Gasteiger charge is 2.23. The molecule has 0 spiro atoms. The SMILES string of the molecule is COc1cc(Cl)cc(CCN)c1OCCC(=O)NC1CC1. The van der Waals surface area contributed by atoms with Crippen LogP contribution >= 0.6 is 11.6 Å². The summed E-state index contributed by atoms with van der Waals surface area (Å²) in [5.41, 5.74) is 6.50. The van der Waals surface area contributed by atoms with Gasteiger partial charge in [0.25, 0.3) is 0 Å². The number of nitrogens with one attached hydrogen (secondary N) is 1. The lowest BCUT2D eigenvalue weighted by Gasteiger charge is -2.15. The molecule has 1 aromatic carbocycles. The van der Waals surface area contributed by atoms with Crippen LogP contribution in [0.25, 0.3) is 0 Å². The van der Waals surface area contributed by atoms with Crippen molar-refractivity contribution in [1.29, 1.82) is 0 Å². The van der Waals surface area contributed by atoms with Gasteiger partial charge in [-0.25, -0.2) is 0 Å². The Morgan fingerprint density at radius 2 is 2.24 bits per heavy atom. The molecule has 1 aliphatic carbocycles. The van der Waals surface area contributed by atoms with Crippen LogP contribution in [0, 0.1) is 0 Å². The predicted octanol–water partition coefficient (Wildman–Crippen LogP) is 1.90. The van der Waals surface area contributed by atoms with Crippen molar-refractivity contribution in [3.8, 4) is 11.5 Å². The molecule has 0 saturated heterocycles. The van der Waals surface area contributed by atoms with Crippen molar-refractivity contribution in [1.82, 2.24) is 5.32 Å². The Morgan fingerprint density at radius 3 is 2.86 bits per heavy atom. The molecule has 1 aromatic rings. The maximum Gasteiger partial charge on any atom is 0.223 e. The Bertz CT molecular complexity index is 504. The average Bonchev–Trinajstić information content (AvgIpc) is 3.24. The number of hydrogen-bond donors (Lipinski definition) is 2. The fraction of sp³-hybridized carbons (Fsp3) is 0.533. The summed E-state index contributed by atoms with van der Waals surface area (Å²) in [6.45, 7) is 0.788. The van der Waals surface area contributed by atoms with Crippen LogP contribution in [-0.2, 0) is 11.2 Å². The summed E-state index contributed by atoms with van der Waals surface area (Å²) in [5, 5.41) is 3.50. The summed E-state index contributed by atoms with van der Waals surface area (Å²) in [6.07, 6.45) is 3.13. The molecule has 1 amide bonds. The minimum Gasteiger partial charge on any atom is -0.493 e. The predicted molar refractivity (Wildman–Crippen MR) is 82.0 cm³/mol. The Morgan fingerprint density at radius 1 is 1.48 bits per heavy atom. The van der Waals surface area contributed by atoms with Crippen LogP contribution in [0.4, 0.5) is 0 Å². The van der Waals surface area contributed by atoms with E-state index >= 15 is 0 Å². The summed E-state index contributed by atoms with van der Waals surface area (Å²) in [4.78, 5) is 11.6. The van der Waals surface area contributed by atoms with Gasteiger partial charge in [-0.2, -0.15) is 0 Å². The number of ether oxygens (including phenoxy) is 2. The third kappa shape index (κ3) is 4.79. The summed E-state index contributed by atoms with van der Waals surface area (Å²) in [6, 6.07) is 3.88. The van der Waals surface area contributed by atoms with Gasteiger partial charge < -0.3 is 20.5 Å². The molecule has 1 aliphatic rings. The van der Waals surface area contributed by atoms with Gasteiger partial charge in [0.05, 0.1) is 20.1 Å². The zero-order chi connectivity index (χ0) is 15.2. The maximum absolute atomic E-state index is 11.6. The largest absolute Gasteiger partial charge is 0.493 e. The Hall–Kier alpha value is -1.46. The number of halogens is 1. The van der Waals surface area contributed by atoms with E-state index in [-0.39, 0.29) is 5.91 Å². The number of carbonyl (C=O) groups is 1. The molecule has 0 bridgehead atoms. The summed E-state index contributed by atoms with van der Waals surface area (Å²) in [5.74, 6) is 1.20. The van der Waals surface area contributed by atoms with Crippen LogP contribution in [0.5, 0.6) is 11.5 Å². The van der Waals surface area contributed by atoms with E-state index in [0.29, 0.717) is 48.6 Å². The first-order chi connectivity index (χ1) is 10.1. The topological polar surface area (TPSA) is 73.6 Å². The average molecular weight is 313 g/mol. The van der Waals surface area contributed by atoms with E-state index < -0.39 is 0 Å². The number of methoxy groups -OCH3 is 1. The van der Waals surface area contributed by atoms with Gasteiger partial charge in [-0.15, -0.1) is 0 Å². The number of nitrogens with two attached hydrogens (primary N) is 1. The number of carbonyl (C=O) groups excluding carboxylic acids is 1. The highest BCUT2D eigenvalue weighted by atomic mass is 35.5. The second kappa shape index (κ2) is 7.52. The van der Waals surface area contributed by atoms with E-state index in [2.05, 4.69) is 5.32 Å². The molecule has 0 radical (unpaired) electrons. The first-order valence-corrected chi connectivity index (χ1v) is 7.50. The van der Waals surface area contributed by atoms with Crippen LogP contribution in [0.2, 0.25) is 5.02 Å². The molecular weight excluding hydrogens is 292 g/mol. The van der Waals surface area contributed by atoms with Crippen LogP contribution < -0.4 is 20.5 Å². The van der Waals surface area contributed by atoms with Gasteiger partial charge in [0.1, 0.15) is 0 Å². The van der Waals surface area contributed by atoms with Crippen molar-refractivity contribution in [3.05, 3.63) is 22.7 Å². The van der Waals surface area contributed by atoms with Crippen molar-refractivity contribution in [2.24, 2.45) is 5.73 Å². The Balaban J connectivity index is 1.97. The van der Waals surface area contributed by atoms with Crippen molar-refractivity contribution in [2.75, 3.05) is 20.3 Å². The van der Waals surface area contributed by atoms with E-state index in [4.69, 9.17) is 26.8 Å². The van der Waals surface area contributed by atoms with Crippen LogP contribution in [0.3, 0.4) is 0 Å². The molecule has 3 N–H and O–H groups in total. The molecule has 0 aliphatic heterocycles. The van der Waals surface area contributed by atoms with Crippen LogP contribution in [0.15, 0.2) is 12.1 Å². The van der Waals surface area contributed by atoms with Gasteiger partial charge in [0.2, 0.25) is 5.91 Å². The van der Waals surface area contributed by atoms with Crippen LogP contribution in [0.1, 0.15) is 24.8 Å². The van der Waals surface area contributed by atoms with Gasteiger partial charge >= 0.3 is 0 Å². The minimum atomic E-state index is 0.0193. The van der Waals surface area contributed by atoms with Gasteiger partial charge in [-0.05, 0) is 31.9 Å². The zero-order valence-corrected chi connectivity index (χ0v) is 12.9. The van der Waals surface area contributed by atoms with Crippen LogP contribution in [-0.4, -0.2) is 32.2 Å².